The van der Waals surface area contributed by atoms with Crippen molar-refractivity contribution in [1.29, 1.82) is 0 Å². The molecule has 0 bridgehead atoms. The quantitative estimate of drug-likeness (QED) is 0.495. The van der Waals surface area contributed by atoms with Gasteiger partial charge in [-0.15, -0.1) is 4.47 Å². The lowest BCUT2D eigenvalue weighted by atomic mass is 9.97. The lowest BCUT2D eigenvalue weighted by Crippen LogP contribution is -2.41. The first-order valence-electron chi connectivity index (χ1n) is 3.94. The third-order valence-electron chi connectivity index (χ3n) is 1.87. The van der Waals surface area contributed by atoms with Gasteiger partial charge in [-0.2, -0.15) is 0 Å². The summed E-state index contributed by atoms with van der Waals surface area (Å²) in [7, 11) is 1.58. The number of hydrogen-bond acceptors (Lipinski definition) is 4. The molecule has 1 rings (SSSR count). The normalized spacial score (nSPS) is 29.5. The number of nitrogens with zero attached hydrogens (tertiary/aromatic N) is 1. The van der Waals surface area contributed by atoms with Gasteiger partial charge >= 0.3 is 0 Å². The standard InChI is InChI=1S/C8H13NO2S/c1-3-4-8(7-10)5-6-12-9(8)11-2/h5-7H,3-4H2,1-2H3. The Morgan fingerprint density at radius 3 is 3.00 bits per heavy atom. The van der Waals surface area contributed by atoms with Crippen LogP contribution < -0.4 is 0 Å². The summed E-state index contributed by atoms with van der Waals surface area (Å²) in [5, 5.41) is 1.88. The van der Waals surface area contributed by atoms with Crippen LogP contribution >= 0.6 is 11.9 Å². The van der Waals surface area contributed by atoms with Crippen LogP contribution in [0.25, 0.3) is 0 Å². The Balaban J connectivity index is 2.75. The van der Waals surface area contributed by atoms with Gasteiger partial charge in [0.2, 0.25) is 0 Å². The molecule has 0 aliphatic carbocycles. The van der Waals surface area contributed by atoms with Crippen molar-refractivity contribution in [1.82, 2.24) is 4.47 Å². The van der Waals surface area contributed by atoms with Crippen molar-refractivity contribution in [2.45, 2.75) is 25.3 Å². The predicted molar refractivity (Wildman–Crippen MR) is 49.3 cm³/mol. The lowest BCUT2D eigenvalue weighted by molar-refractivity contribution is -0.134. The maximum absolute atomic E-state index is 10.9. The summed E-state index contributed by atoms with van der Waals surface area (Å²) in [4.78, 5) is 16.0. The number of aldehydes is 1. The van der Waals surface area contributed by atoms with E-state index in [1.807, 2.05) is 11.5 Å². The second-order valence-corrected chi connectivity index (χ2v) is 3.52. The molecule has 4 heteroatoms. The van der Waals surface area contributed by atoms with Crippen LogP contribution in [0.15, 0.2) is 11.5 Å². The lowest BCUT2D eigenvalue weighted by Gasteiger charge is -2.28. The van der Waals surface area contributed by atoms with E-state index in [4.69, 9.17) is 4.84 Å². The van der Waals surface area contributed by atoms with Gasteiger partial charge in [-0.05, 0) is 29.9 Å². The summed E-state index contributed by atoms with van der Waals surface area (Å²) < 4.78 is 1.63. The van der Waals surface area contributed by atoms with E-state index in [0.717, 1.165) is 19.1 Å². The molecular weight excluding hydrogens is 174 g/mol. The molecule has 1 aliphatic rings. The Hall–Kier alpha value is -0.320. The fraction of sp³-hybridized carbons (Fsp3) is 0.625. The molecule has 12 heavy (non-hydrogen) atoms. The number of carbonyl (C=O) groups is 1. The minimum absolute atomic E-state index is 0.534. The van der Waals surface area contributed by atoms with E-state index < -0.39 is 5.54 Å². The average molecular weight is 187 g/mol. The number of rotatable bonds is 4. The highest BCUT2D eigenvalue weighted by Gasteiger charge is 2.38. The van der Waals surface area contributed by atoms with Crippen LogP contribution in [0.4, 0.5) is 0 Å². The second kappa shape index (κ2) is 4.07. The van der Waals surface area contributed by atoms with E-state index in [1.54, 1.807) is 11.6 Å². The van der Waals surface area contributed by atoms with E-state index in [9.17, 15) is 4.79 Å². The maximum Gasteiger partial charge on any atom is 0.147 e. The zero-order valence-electron chi connectivity index (χ0n) is 7.32. The van der Waals surface area contributed by atoms with Crippen LogP contribution in [0.3, 0.4) is 0 Å². The Morgan fingerprint density at radius 1 is 1.75 bits per heavy atom. The van der Waals surface area contributed by atoms with Gasteiger partial charge in [0.1, 0.15) is 11.8 Å². The van der Waals surface area contributed by atoms with Gasteiger partial charge in [-0.3, -0.25) is 4.84 Å². The molecule has 1 atom stereocenters. The molecular formula is C8H13NO2S. The van der Waals surface area contributed by atoms with Gasteiger partial charge in [0.05, 0.1) is 7.11 Å². The van der Waals surface area contributed by atoms with E-state index in [1.165, 1.54) is 11.9 Å². The second-order valence-electron chi connectivity index (χ2n) is 2.71. The fourth-order valence-electron chi connectivity index (χ4n) is 1.29. The van der Waals surface area contributed by atoms with Crippen LogP contribution in [0.2, 0.25) is 0 Å². The zero-order chi connectivity index (χ0) is 9.03. The minimum Gasteiger partial charge on any atom is -0.301 e. The first kappa shape index (κ1) is 9.77. The summed E-state index contributed by atoms with van der Waals surface area (Å²) in [5.41, 5.74) is -0.534. The van der Waals surface area contributed by atoms with Crippen molar-refractivity contribution < 1.29 is 9.63 Å². The monoisotopic (exact) mass is 187 g/mol. The van der Waals surface area contributed by atoms with Gasteiger partial charge in [0.15, 0.2) is 0 Å². The van der Waals surface area contributed by atoms with E-state index in [0.29, 0.717) is 0 Å². The molecule has 0 aromatic rings. The summed E-state index contributed by atoms with van der Waals surface area (Å²) in [6.45, 7) is 2.05. The summed E-state index contributed by atoms with van der Waals surface area (Å²) in [6.07, 6.45) is 4.59. The maximum atomic E-state index is 10.9. The highest BCUT2D eigenvalue weighted by atomic mass is 32.2. The van der Waals surface area contributed by atoms with Crippen LogP contribution in [0, 0.1) is 0 Å². The third kappa shape index (κ3) is 1.55. The van der Waals surface area contributed by atoms with Crippen LogP contribution in [-0.2, 0) is 9.63 Å². The molecule has 1 aliphatic heterocycles. The number of hydroxylamine groups is 1. The van der Waals surface area contributed by atoms with Crippen molar-refractivity contribution in [2.24, 2.45) is 0 Å². The Labute approximate surface area is 76.8 Å². The molecule has 0 amide bonds. The molecule has 0 aromatic heterocycles. The van der Waals surface area contributed by atoms with Gasteiger partial charge in [0, 0.05) is 0 Å². The molecule has 0 aromatic carbocycles. The molecule has 0 saturated heterocycles. The minimum atomic E-state index is -0.534. The number of carbonyl (C=O) groups excluding carboxylic acids is 1. The SMILES string of the molecule is CCCC1(C=O)C=CSN1OC. The van der Waals surface area contributed by atoms with Crippen LogP contribution in [0.1, 0.15) is 19.8 Å². The van der Waals surface area contributed by atoms with Crippen molar-refractivity contribution in [2.75, 3.05) is 7.11 Å². The largest absolute Gasteiger partial charge is 0.301 e. The van der Waals surface area contributed by atoms with Crippen molar-refractivity contribution in [3.63, 3.8) is 0 Å². The fourth-order valence-corrected chi connectivity index (χ4v) is 2.18. The van der Waals surface area contributed by atoms with Gasteiger partial charge in [0.25, 0.3) is 0 Å². The van der Waals surface area contributed by atoms with Gasteiger partial charge in [-0.1, -0.05) is 13.3 Å². The van der Waals surface area contributed by atoms with E-state index in [-0.39, 0.29) is 0 Å². The average Bonchev–Trinajstić information content (AvgIpc) is 2.49. The molecule has 0 radical (unpaired) electrons. The highest BCUT2D eigenvalue weighted by molar-refractivity contribution is 8.00. The highest BCUT2D eigenvalue weighted by Crippen LogP contribution is 2.35. The molecule has 1 heterocycles. The Morgan fingerprint density at radius 2 is 2.50 bits per heavy atom. The molecule has 68 valence electrons. The van der Waals surface area contributed by atoms with Crippen molar-refractivity contribution >= 4 is 18.2 Å². The molecule has 0 N–H and O–H groups in total. The number of hydrogen-bond donors (Lipinski definition) is 0. The molecule has 1 unspecified atom stereocenters. The van der Waals surface area contributed by atoms with Gasteiger partial charge < -0.3 is 4.79 Å². The Kier molecular flexibility index (Phi) is 3.31. The molecule has 0 spiro atoms. The van der Waals surface area contributed by atoms with E-state index >= 15 is 0 Å². The first-order chi connectivity index (χ1) is 5.79. The first-order valence-corrected chi connectivity index (χ1v) is 4.78. The van der Waals surface area contributed by atoms with Gasteiger partial charge in [-0.25, -0.2) is 0 Å². The molecule has 0 fully saturated rings. The third-order valence-corrected chi connectivity index (χ3v) is 2.81. The summed E-state index contributed by atoms with van der Waals surface area (Å²) >= 11 is 1.41. The molecule has 3 nitrogen and oxygen atoms in total. The summed E-state index contributed by atoms with van der Waals surface area (Å²) in [6, 6.07) is 0. The van der Waals surface area contributed by atoms with Crippen LogP contribution in [-0.4, -0.2) is 23.4 Å². The topological polar surface area (TPSA) is 29.5 Å². The predicted octanol–water partition coefficient (Wildman–Crippen LogP) is 1.76. The van der Waals surface area contributed by atoms with Crippen molar-refractivity contribution in [3.8, 4) is 0 Å². The Bertz CT molecular complexity index is 195. The van der Waals surface area contributed by atoms with Crippen molar-refractivity contribution in [3.05, 3.63) is 11.5 Å². The van der Waals surface area contributed by atoms with Crippen LogP contribution in [0.5, 0.6) is 0 Å². The molecule has 0 saturated carbocycles. The zero-order valence-corrected chi connectivity index (χ0v) is 8.13. The smallest absolute Gasteiger partial charge is 0.147 e. The van der Waals surface area contributed by atoms with E-state index in [2.05, 4.69) is 6.92 Å². The summed E-state index contributed by atoms with van der Waals surface area (Å²) in [5.74, 6) is 0.